The quantitative estimate of drug-likeness (QED) is 0.122. The molecule has 0 saturated heterocycles. The second kappa shape index (κ2) is 20.8. The first-order valence-electron chi connectivity index (χ1n) is 29.3. The average molecular weight is 1080 g/mol. The lowest BCUT2D eigenvalue weighted by atomic mass is 9.84. The number of furan rings is 2. The van der Waals surface area contributed by atoms with Gasteiger partial charge in [0.25, 0.3) is 0 Å². The lowest BCUT2D eigenvalue weighted by Gasteiger charge is -2.26. The fraction of sp³-hybridized carbons (Fsp3) is 0.0750. The van der Waals surface area contributed by atoms with Crippen LogP contribution in [0.15, 0.2) is 288 Å². The van der Waals surface area contributed by atoms with E-state index in [4.69, 9.17) is 8.83 Å². The van der Waals surface area contributed by atoms with E-state index in [0.29, 0.717) is 0 Å². The minimum Gasteiger partial charge on any atom is -0.452 e. The molecule has 0 spiro atoms. The fourth-order valence-corrected chi connectivity index (χ4v) is 12.9. The van der Waals surface area contributed by atoms with Gasteiger partial charge in [-0.2, -0.15) is 0 Å². The van der Waals surface area contributed by atoms with E-state index >= 15 is 0 Å². The maximum Gasteiger partial charge on any atom is 0.178 e. The second-order valence-electron chi connectivity index (χ2n) is 22.8. The Hall–Kier alpha value is -10.4. The monoisotopic (exact) mass is 1080 g/mol. The summed E-state index contributed by atoms with van der Waals surface area (Å²) in [5.74, 6) is 0.422. The summed E-state index contributed by atoms with van der Waals surface area (Å²) in [4.78, 5) is 4.73. The van der Waals surface area contributed by atoms with Gasteiger partial charge in [0.1, 0.15) is 11.2 Å². The van der Waals surface area contributed by atoms with Gasteiger partial charge in [0.2, 0.25) is 0 Å². The van der Waals surface area contributed by atoms with Crippen LogP contribution in [0, 0.1) is 0 Å². The van der Waals surface area contributed by atoms with Crippen molar-refractivity contribution in [3.63, 3.8) is 0 Å². The van der Waals surface area contributed by atoms with Crippen molar-refractivity contribution in [2.24, 2.45) is 0 Å². The van der Waals surface area contributed by atoms with Crippen LogP contribution in [-0.4, -0.2) is 0 Å². The Morgan fingerprint density at radius 3 is 0.917 bits per heavy atom. The molecular formula is C80H60N2O2. The van der Waals surface area contributed by atoms with Crippen molar-refractivity contribution in [3.05, 3.63) is 290 Å². The molecule has 2 heterocycles. The van der Waals surface area contributed by atoms with Gasteiger partial charge in [-0.1, -0.05) is 210 Å². The molecule has 402 valence electrons. The molecule has 2 aromatic heterocycles. The molecule has 84 heavy (non-hydrogen) atoms. The molecule has 0 bridgehead atoms. The average Bonchev–Trinajstić information content (AvgIpc) is 1.75. The van der Waals surface area contributed by atoms with Crippen LogP contribution >= 0.6 is 0 Å². The highest BCUT2D eigenvalue weighted by Crippen LogP contribution is 2.50. The standard InChI is InChI=1S/C80H60N2O2/c1-51(2)75-76(52(3)4)78-72-48-62-36-42-70(82(66-39-33-58(34-40-66)54-21-11-6-12-22-54)68-30-18-28-60(44-68)56-25-15-8-16-26-56)46-64(62)50-74(72)84-80(78)79-77(75)71-47-61-35-41-69(45-63(61)49-73(71)83-79)81(65-37-31-57(32-38-65)53-19-9-5-10-20-53)67-29-17-27-59(43-67)55-23-13-7-14-24-55/h5-52H,1-4H3. The molecule has 0 saturated carbocycles. The Balaban J connectivity index is 0.873. The number of anilines is 6. The molecule has 0 atom stereocenters. The van der Waals surface area contributed by atoms with Crippen molar-refractivity contribution in [3.8, 4) is 44.5 Å². The number of nitrogens with zero attached hydrogens (tertiary/aromatic N) is 2. The molecule has 13 aromatic carbocycles. The predicted molar refractivity (Wildman–Crippen MR) is 355 cm³/mol. The summed E-state index contributed by atoms with van der Waals surface area (Å²) in [6.07, 6.45) is 0. The highest BCUT2D eigenvalue weighted by atomic mass is 16.4. The SMILES string of the molecule is CC(C)c1c(C(C)C)c2c3cc4ccc(N(c5ccc(-c6ccccc6)cc5)c5cccc(-c6ccccc6)c5)cc4cc3oc2c2oc3cc4cc(N(c5ccc(-c6ccccc6)cc5)c5cccc(-c6ccccc6)c5)ccc4cc3c12. The third-order valence-corrected chi connectivity index (χ3v) is 16.9. The third kappa shape index (κ3) is 8.95. The molecule has 15 aromatic rings. The molecule has 4 nitrogen and oxygen atoms in total. The summed E-state index contributed by atoms with van der Waals surface area (Å²) < 4.78 is 14.5. The molecule has 4 heteroatoms. The van der Waals surface area contributed by atoms with Crippen LogP contribution in [0.2, 0.25) is 0 Å². The summed E-state index contributed by atoms with van der Waals surface area (Å²) >= 11 is 0. The zero-order valence-corrected chi connectivity index (χ0v) is 47.4. The van der Waals surface area contributed by atoms with E-state index in [-0.39, 0.29) is 11.8 Å². The Bertz CT molecular complexity index is 4610. The van der Waals surface area contributed by atoms with Crippen molar-refractivity contribution < 1.29 is 8.83 Å². The summed E-state index contributed by atoms with van der Waals surface area (Å²) in [6.45, 7) is 9.29. The number of hydrogen-bond acceptors (Lipinski definition) is 4. The van der Waals surface area contributed by atoms with Gasteiger partial charge in [-0.25, -0.2) is 0 Å². The molecule has 0 unspecified atom stereocenters. The highest BCUT2D eigenvalue weighted by Gasteiger charge is 2.28. The molecule has 0 amide bonds. The minimum atomic E-state index is 0.211. The van der Waals surface area contributed by atoms with Crippen molar-refractivity contribution >= 4 is 99.5 Å². The van der Waals surface area contributed by atoms with E-state index in [1.165, 1.54) is 44.5 Å². The van der Waals surface area contributed by atoms with Gasteiger partial charge in [0.05, 0.1) is 0 Å². The zero-order valence-electron chi connectivity index (χ0n) is 47.4. The summed E-state index contributed by atoms with van der Waals surface area (Å²) in [5.41, 5.74) is 21.7. The molecule has 0 N–H and O–H groups in total. The van der Waals surface area contributed by atoms with Crippen LogP contribution in [0.4, 0.5) is 34.1 Å². The third-order valence-electron chi connectivity index (χ3n) is 16.9. The van der Waals surface area contributed by atoms with Crippen LogP contribution in [0.25, 0.3) is 110 Å². The Kier molecular flexibility index (Phi) is 12.5. The van der Waals surface area contributed by atoms with E-state index in [2.05, 4.69) is 317 Å². The van der Waals surface area contributed by atoms with Crippen molar-refractivity contribution in [1.82, 2.24) is 0 Å². The number of benzene rings is 13. The first-order chi connectivity index (χ1) is 41.3. The largest absolute Gasteiger partial charge is 0.452 e. The maximum absolute atomic E-state index is 7.23. The van der Waals surface area contributed by atoms with E-state index in [1.807, 2.05) is 0 Å². The molecule has 0 fully saturated rings. The Morgan fingerprint density at radius 2 is 0.560 bits per heavy atom. The van der Waals surface area contributed by atoms with Gasteiger partial charge in [0, 0.05) is 55.7 Å². The van der Waals surface area contributed by atoms with Crippen molar-refractivity contribution in [1.29, 1.82) is 0 Å². The van der Waals surface area contributed by atoms with Crippen LogP contribution < -0.4 is 9.80 Å². The molecule has 0 aliphatic rings. The number of hydrogen-bond donors (Lipinski definition) is 0. The molecule has 0 aliphatic heterocycles. The minimum absolute atomic E-state index is 0.211. The van der Waals surface area contributed by atoms with E-state index in [9.17, 15) is 0 Å². The van der Waals surface area contributed by atoms with Crippen LogP contribution in [-0.2, 0) is 0 Å². The topological polar surface area (TPSA) is 32.8 Å². The van der Waals surface area contributed by atoms with Gasteiger partial charge < -0.3 is 18.6 Å². The second-order valence-corrected chi connectivity index (χ2v) is 22.8. The first-order valence-corrected chi connectivity index (χ1v) is 29.3. The normalized spacial score (nSPS) is 11.8. The molecular weight excluding hydrogens is 1020 g/mol. The Labute approximate surface area is 489 Å². The lowest BCUT2D eigenvalue weighted by molar-refractivity contribution is 0.632. The highest BCUT2D eigenvalue weighted by molar-refractivity contribution is 6.24. The summed E-state index contributed by atoms with van der Waals surface area (Å²) in [5, 5.41) is 8.95. The molecule has 0 aliphatic carbocycles. The fourth-order valence-electron chi connectivity index (χ4n) is 12.9. The van der Waals surface area contributed by atoms with Gasteiger partial charge in [-0.3, -0.25) is 0 Å². The first kappa shape index (κ1) is 50.5. The van der Waals surface area contributed by atoms with Crippen molar-refractivity contribution in [2.45, 2.75) is 39.5 Å². The van der Waals surface area contributed by atoms with E-state index in [1.54, 1.807) is 0 Å². The van der Waals surface area contributed by atoms with Crippen LogP contribution in [0.5, 0.6) is 0 Å². The number of rotatable bonds is 12. The van der Waals surface area contributed by atoms with E-state index in [0.717, 1.165) is 111 Å². The van der Waals surface area contributed by atoms with E-state index < -0.39 is 0 Å². The Morgan fingerprint density at radius 1 is 0.250 bits per heavy atom. The summed E-state index contributed by atoms with van der Waals surface area (Å²) in [6, 6.07) is 101. The van der Waals surface area contributed by atoms with Gasteiger partial charge in [0.15, 0.2) is 11.2 Å². The zero-order chi connectivity index (χ0) is 56.4. The lowest BCUT2D eigenvalue weighted by Crippen LogP contribution is -2.10. The van der Waals surface area contributed by atoms with Crippen LogP contribution in [0.1, 0.15) is 50.7 Å². The maximum atomic E-state index is 7.23. The van der Waals surface area contributed by atoms with Gasteiger partial charge in [-0.15, -0.1) is 0 Å². The van der Waals surface area contributed by atoms with Crippen molar-refractivity contribution in [2.75, 3.05) is 9.80 Å². The van der Waals surface area contributed by atoms with Gasteiger partial charge >= 0.3 is 0 Å². The van der Waals surface area contributed by atoms with Crippen LogP contribution in [0.3, 0.4) is 0 Å². The number of fused-ring (bicyclic) bond motifs is 9. The smallest absolute Gasteiger partial charge is 0.178 e. The van der Waals surface area contributed by atoms with Gasteiger partial charge in [-0.05, 0) is 186 Å². The molecule has 15 rings (SSSR count). The predicted octanol–water partition coefficient (Wildman–Crippen LogP) is 23.6. The summed E-state index contributed by atoms with van der Waals surface area (Å²) in [7, 11) is 0. The molecule has 0 radical (unpaired) electrons.